The minimum atomic E-state index is 0.617. The molecule has 0 N–H and O–H groups in total. The van der Waals surface area contributed by atoms with Crippen molar-refractivity contribution in [3.05, 3.63) is 486 Å². The monoisotopic (exact) mass is 1860 g/mol. The van der Waals surface area contributed by atoms with Gasteiger partial charge in [-0.25, -0.2) is 29.9 Å². The fourth-order valence-electron chi connectivity index (χ4n) is 20.8. The Labute approximate surface area is 836 Å². The van der Waals surface area contributed by atoms with Gasteiger partial charge in [-0.2, -0.15) is 0 Å². The number of para-hydroxylation sites is 4. The first-order valence-corrected chi connectivity index (χ1v) is 48.9. The Bertz CT molecular complexity index is 9930. The van der Waals surface area contributed by atoms with E-state index >= 15 is 0 Å². The van der Waals surface area contributed by atoms with E-state index in [-0.39, 0.29) is 0 Å². The molecule has 0 amide bonds. The van der Waals surface area contributed by atoms with Crippen LogP contribution >= 0.6 is 0 Å². The Morgan fingerprint density at radius 1 is 0.123 bits per heavy atom. The molecule has 0 saturated carbocycles. The lowest BCUT2D eigenvalue weighted by atomic mass is 9.91. The lowest BCUT2D eigenvalue weighted by Gasteiger charge is -2.14. The highest BCUT2D eigenvalue weighted by Crippen LogP contribution is 2.45. The van der Waals surface area contributed by atoms with Gasteiger partial charge in [0.1, 0.15) is 44.7 Å². The predicted octanol–water partition coefficient (Wildman–Crippen LogP) is 35.7. The largest absolute Gasteiger partial charge is 0.456 e. The van der Waals surface area contributed by atoms with Crippen molar-refractivity contribution in [2.75, 3.05) is 0 Å². The summed E-state index contributed by atoms with van der Waals surface area (Å²) in [5.41, 5.74) is 38.7. The van der Waals surface area contributed by atoms with Crippen LogP contribution in [0.1, 0.15) is 0 Å². The molecule has 0 bridgehead atoms. The number of benzene rings is 19. The number of aromatic nitrogens is 8. The van der Waals surface area contributed by atoms with Crippen LogP contribution in [0, 0.1) is 0 Å². The molecule has 0 fully saturated rings. The van der Waals surface area contributed by atoms with Gasteiger partial charge in [0.15, 0.2) is 11.6 Å². The van der Waals surface area contributed by atoms with Crippen LogP contribution in [0.4, 0.5) is 0 Å². The number of hydrogen-bond donors (Lipinski definition) is 0. The Kier molecular flexibility index (Phi) is 20.3. The van der Waals surface area contributed by atoms with Crippen molar-refractivity contribution >= 4 is 131 Å². The second-order valence-electron chi connectivity index (χ2n) is 37.2. The number of fused-ring (bicyclic) bond motifs is 18. The molecule has 0 aliphatic carbocycles. The maximum Gasteiger partial charge on any atom is 0.160 e. The van der Waals surface area contributed by atoms with Crippen LogP contribution in [-0.2, 0) is 0 Å². The minimum Gasteiger partial charge on any atom is -0.456 e. The molecule has 146 heavy (non-hydrogen) atoms. The van der Waals surface area contributed by atoms with Crippen LogP contribution in [0.15, 0.2) is 503 Å². The Morgan fingerprint density at radius 3 is 0.774 bits per heavy atom. The normalized spacial score (nSPS) is 11.7. The van der Waals surface area contributed by atoms with Crippen molar-refractivity contribution in [2.45, 2.75) is 0 Å². The first-order chi connectivity index (χ1) is 72.2. The standard InChI is InChI=1S/C70H42N4O2.C64H38N4O2/c1-2-9-51(10-3-1)70-73-62(48-26-24-47(25-27-48)61-33-30-50-29-28-49-11-8-36-71-68(49)69(50)72-61)42-63(74-70)56-38-54(45-20-16-43(17-21-45)52-31-34-66-59(40-52)57-12-4-6-14-64(57)75-66)37-55(39-56)46-22-18-44(19-23-46)53-32-35-67-60(41-53)58-13-5-7-15-65(58)76-67;1-2-11-41(12-3-1)64-67-56(38-57(68-64)55-27-24-40-23-22-39-17-10-30-65-62(39)63(40)66-55)50-34-48(44-15-8-13-42(31-44)46-25-28-60-53(36-46)51-18-4-6-20-58(51)69-60)33-49(35-50)45-16-9-14-43(32-45)47-26-29-61-54(37-47)52-19-5-7-21-59(52)70-61/h1-42H;1-38H. The van der Waals surface area contributed by atoms with E-state index in [4.69, 9.17) is 52.6 Å². The van der Waals surface area contributed by atoms with Gasteiger partial charge in [0.05, 0.1) is 56.2 Å². The van der Waals surface area contributed by atoms with Crippen molar-refractivity contribution in [3.8, 4) is 168 Å². The van der Waals surface area contributed by atoms with E-state index in [2.05, 4.69) is 375 Å². The molecule has 29 aromatic rings. The van der Waals surface area contributed by atoms with Crippen LogP contribution in [0.5, 0.6) is 0 Å². The summed E-state index contributed by atoms with van der Waals surface area (Å²) >= 11 is 0. The quantitative estimate of drug-likeness (QED) is 0.0897. The Hall–Kier alpha value is -19.8. The molecular formula is C134H80N8O4. The summed E-state index contributed by atoms with van der Waals surface area (Å²) in [5, 5.41) is 13.1. The minimum absolute atomic E-state index is 0.617. The maximum absolute atomic E-state index is 6.20. The van der Waals surface area contributed by atoms with Gasteiger partial charge in [-0.05, 0) is 247 Å². The van der Waals surface area contributed by atoms with Gasteiger partial charge >= 0.3 is 0 Å². The van der Waals surface area contributed by atoms with Gasteiger partial charge in [0, 0.05) is 110 Å². The smallest absolute Gasteiger partial charge is 0.160 e. The second-order valence-corrected chi connectivity index (χ2v) is 37.2. The lowest BCUT2D eigenvalue weighted by Crippen LogP contribution is -1.98. The number of pyridine rings is 4. The van der Waals surface area contributed by atoms with Crippen LogP contribution in [0.2, 0.25) is 0 Å². The summed E-state index contributed by atoms with van der Waals surface area (Å²) in [6.07, 6.45) is 3.65. The maximum atomic E-state index is 6.20. The third-order valence-corrected chi connectivity index (χ3v) is 28.2. The van der Waals surface area contributed by atoms with Crippen molar-refractivity contribution in [1.29, 1.82) is 0 Å². The molecule has 0 radical (unpaired) electrons. The average molecular weight is 1870 g/mol. The van der Waals surface area contributed by atoms with Crippen molar-refractivity contribution < 1.29 is 17.7 Å². The zero-order valence-corrected chi connectivity index (χ0v) is 78.4. The van der Waals surface area contributed by atoms with Crippen molar-refractivity contribution in [2.24, 2.45) is 0 Å². The third-order valence-electron chi connectivity index (χ3n) is 28.2. The molecule has 29 rings (SSSR count). The highest BCUT2D eigenvalue weighted by Gasteiger charge is 2.23. The summed E-state index contributed by atoms with van der Waals surface area (Å²) < 4.78 is 24.7. The van der Waals surface area contributed by atoms with Gasteiger partial charge in [-0.3, -0.25) is 9.97 Å². The molecule has 0 saturated heterocycles. The Balaban J connectivity index is 0.000000142. The topological polar surface area (TPSA) is 156 Å². The van der Waals surface area contributed by atoms with Gasteiger partial charge in [-0.1, -0.05) is 315 Å². The number of furan rings is 4. The molecule has 0 aliphatic heterocycles. The fourth-order valence-corrected chi connectivity index (χ4v) is 20.8. The predicted molar refractivity (Wildman–Crippen MR) is 596 cm³/mol. The molecule has 680 valence electrons. The number of hydrogen-bond acceptors (Lipinski definition) is 12. The average Bonchev–Trinajstić information content (AvgIpc) is 1.63. The molecular weight excluding hydrogens is 1790 g/mol. The Morgan fingerprint density at radius 2 is 0.377 bits per heavy atom. The van der Waals surface area contributed by atoms with Crippen LogP contribution < -0.4 is 0 Å². The second kappa shape index (κ2) is 35.2. The molecule has 0 unspecified atom stereocenters. The van der Waals surface area contributed by atoms with Gasteiger partial charge in [-0.15, -0.1) is 0 Å². The van der Waals surface area contributed by atoms with Crippen LogP contribution in [-0.4, -0.2) is 39.9 Å². The summed E-state index contributed by atoms with van der Waals surface area (Å²) in [5.74, 6) is 1.27. The molecule has 19 aromatic carbocycles. The van der Waals surface area contributed by atoms with E-state index in [0.29, 0.717) is 11.6 Å². The molecule has 0 spiro atoms. The zero-order chi connectivity index (χ0) is 96.2. The molecule has 0 aliphatic rings. The van der Waals surface area contributed by atoms with Crippen molar-refractivity contribution in [1.82, 2.24) is 39.9 Å². The van der Waals surface area contributed by atoms with E-state index in [1.807, 2.05) is 116 Å². The molecule has 10 aromatic heterocycles. The number of nitrogens with zero attached hydrogens (tertiary/aromatic N) is 8. The van der Waals surface area contributed by atoms with Crippen LogP contribution in [0.3, 0.4) is 0 Å². The summed E-state index contributed by atoms with van der Waals surface area (Å²) in [6, 6.07) is 166. The SMILES string of the molecule is c1ccc(-c2nc(-c3cc(-c4cccc(-c5ccc6oc7ccccc7c6c5)c4)cc(-c4cccc(-c5ccc6oc7ccccc7c6c5)c4)c3)cc(-c3ccc4ccc5cccnc5c4n3)n2)cc1.c1ccc(-c2nc(-c3ccc(-c4ccc5ccc6cccnc6c5n4)cc3)cc(-c3cc(-c4ccc(-c5ccc6oc7ccccc7c6c5)cc4)cc(-c4ccc(-c5ccc6oc7ccccc7c6c5)cc4)c3)n2)cc1. The van der Waals surface area contributed by atoms with Crippen molar-refractivity contribution in [3.63, 3.8) is 0 Å². The molecule has 10 heterocycles. The summed E-state index contributed by atoms with van der Waals surface area (Å²) in [6.45, 7) is 0. The lowest BCUT2D eigenvalue weighted by molar-refractivity contribution is 0.668. The molecule has 12 nitrogen and oxygen atoms in total. The van der Waals surface area contributed by atoms with Gasteiger partial charge in [0.2, 0.25) is 0 Å². The fraction of sp³-hybridized carbons (Fsp3) is 0. The summed E-state index contributed by atoms with van der Waals surface area (Å²) in [4.78, 5) is 40.9. The first kappa shape index (κ1) is 84.3. The van der Waals surface area contributed by atoms with E-state index in [1.165, 1.54) is 0 Å². The zero-order valence-electron chi connectivity index (χ0n) is 78.4. The first-order valence-electron chi connectivity index (χ1n) is 48.9. The molecule has 0 atom stereocenters. The molecule has 12 heteroatoms. The van der Waals surface area contributed by atoms with Gasteiger partial charge < -0.3 is 17.7 Å². The van der Waals surface area contributed by atoms with Gasteiger partial charge in [0.25, 0.3) is 0 Å². The number of rotatable bonds is 15. The van der Waals surface area contributed by atoms with E-state index in [9.17, 15) is 0 Å². The third kappa shape index (κ3) is 15.5. The van der Waals surface area contributed by atoms with E-state index in [1.54, 1.807) is 0 Å². The van der Waals surface area contributed by atoms with E-state index in [0.717, 1.165) is 288 Å². The summed E-state index contributed by atoms with van der Waals surface area (Å²) in [7, 11) is 0. The highest BCUT2D eigenvalue weighted by atomic mass is 16.3. The van der Waals surface area contributed by atoms with Crippen LogP contribution in [0.25, 0.3) is 300 Å². The highest BCUT2D eigenvalue weighted by molar-refractivity contribution is 6.11. The van der Waals surface area contributed by atoms with E-state index < -0.39 is 0 Å².